The van der Waals surface area contributed by atoms with Gasteiger partial charge in [0.1, 0.15) is 5.76 Å². The summed E-state index contributed by atoms with van der Waals surface area (Å²) in [7, 11) is 0. The Morgan fingerprint density at radius 3 is 2.28 bits per heavy atom. The number of allylic oxidation sites excluding steroid dienone is 3. The molecule has 0 aromatic rings. The van der Waals surface area contributed by atoms with Crippen LogP contribution in [-0.2, 0) is 4.74 Å². The third-order valence-corrected chi connectivity index (χ3v) is 8.88. The topological polar surface area (TPSA) is 49.7 Å². The molecule has 3 heteroatoms. The molecule has 0 bridgehead atoms. The molecule has 0 heterocycles. The van der Waals surface area contributed by atoms with Crippen molar-refractivity contribution in [3.8, 4) is 0 Å². The lowest BCUT2D eigenvalue weighted by molar-refractivity contribution is 0.0374. The standard InChI is InChI=1S/C36H66O3/c1-8-10-12-14-15-17-27-39-35-32(6)31(5)34(37)28-33(35)24-23-30(4)21-18-20-29(3)22-19-26-36(7,38)25-16-13-11-9-2/h20,28,30-31,34,37-38H,8-19,21-27H2,1-7H3. The van der Waals surface area contributed by atoms with Crippen LogP contribution in [0, 0.1) is 11.8 Å². The van der Waals surface area contributed by atoms with Gasteiger partial charge in [0.25, 0.3) is 0 Å². The Balaban J connectivity index is 2.40. The first-order valence-electron chi connectivity index (χ1n) is 16.7. The Morgan fingerprint density at radius 1 is 0.974 bits per heavy atom. The van der Waals surface area contributed by atoms with E-state index < -0.39 is 11.7 Å². The second-order valence-electron chi connectivity index (χ2n) is 13.0. The summed E-state index contributed by atoms with van der Waals surface area (Å²) in [6.07, 6.45) is 25.0. The Labute approximate surface area is 243 Å². The zero-order valence-corrected chi connectivity index (χ0v) is 27.1. The summed E-state index contributed by atoms with van der Waals surface area (Å²) in [6, 6.07) is 0. The van der Waals surface area contributed by atoms with Crippen molar-refractivity contribution in [2.24, 2.45) is 11.8 Å². The van der Waals surface area contributed by atoms with Gasteiger partial charge >= 0.3 is 0 Å². The summed E-state index contributed by atoms with van der Waals surface area (Å²) in [5, 5.41) is 21.2. The lowest BCUT2D eigenvalue weighted by atomic mass is 9.84. The van der Waals surface area contributed by atoms with Crippen molar-refractivity contribution in [1.29, 1.82) is 0 Å². The molecule has 2 N–H and O–H groups in total. The van der Waals surface area contributed by atoms with Gasteiger partial charge in [-0.2, -0.15) is 0 Å². The molecule has 0 aromatic heterocycles. The maximum Gasteiger partial charge on any atom is 0.121 e. The van der Waals surface area contributed by atoms with Crippen molar-refractivity contribution in [3.63, 3.8) is 0 Å². The van der Waals surface area contributed by atoms with Crippen LogP contribution < -0.4 is 0 Å². The number of ether oxygens (including phenoxy) is 1. The van der Waals surface area contributed by atoms with Crippen LogP contribution in [0.15, 0.2) is 34.6 Å². The Kier molecular flexibility index (Phi) is 19.1. The molecule has 39 heavy (non-hydrogen) atoms. The normalized spacial score (nSPS) is 20.6. The van der Waals surface area contributed by atoms with E-state index in [0.29, 0.717) is 5.92 Å². The Morgan fingerprint density at radius 2 is 1.59 bits per heavy atom. The summed E-state index contributed by atoms with van der Waals surface area (Å²) < 4.78 is 6.34. The van der Waals surface area contributed by atoms with E-state index in [2.05, 4.69) is 53.7 Å². The molecule has 4 unspecified atom stereocenters. The molecule has 0 saturated carbocycles. The number of aliphatic hydroxyl groups is 2. The first-order chi connectivity index (χ1) is 18.6. The first kappa shape index (κ1) is 36.0. The minimum absolute atomic E-state index is 0.128. The van der Waals surface area contributed by atoms with Crippen LogP contribution in [0.3, 0.4) is 0 Å². The highest BCUT2D eigenvalue weighted by Gasteiger charge is 2.26. The van der Waals surface area contributed by atoms with Gasteiger partial charge in [-0.3, -0.25) is 0 Å². The van der Waals surface area contributed by atoms with Gasteiger partial charge in [0.2, 0.25) is 0 Å². The molecule has 0 fully saturated rings. The summed E-state index contributed by atoms with van der Waals surface area (Å²) in [6.45, 7) is 16.1. The summed E-state index contributed by atoms with van der Waals surface area (Å²) in [5.74, 6) is 1.82. The van der Waals surface area contributed by atoms with Crippen molar-refractivity contribution in [3.05, 3.63) is 34.6 Å². The molecule has 4 atom stereocenters. The number of aliphatic hydroxyl groups excluding tert-OH is 1. The van der Waals surface area contributed by atoms with E-state index in [1.807, 2.05) is 6.92 Å². The van der Waals surface area contributed by atoms with Gasteiger partial charge < -0.3 is 14.9 Å². The van der Waals surface area contributed by atoms with Crippen LogP contribution in [0.2, 0.25) is 0 Å². The number of unbranched alkanes of at least 4 members (excludes halogenated alkanes) is 8. The zero-order chi connectivity index (χ0) is 29.1. The van der Waals surface area contributed by atoms with E-state index >= 15 is 0 Å². The Hall–Kier alpha value is -1.06. The smallest absolute Gasteiger partial charge is 0.121 e. The fourth-order valence-electron chi connectivity index (χ4n) is 5.67. The molecular weight excluding hydrogens is 480 g/mol. The van der Waals surface area contributed by atoms with E-state index in [9.17, 15) is 10.2 Å². The third-order valence-electron chi connectivity index (χ3n) is 8.88. The van der Waals surface area contributed by atoms with Crippen molar-refractivity contribution in [2.75, 3.05) is 6.61 Å². The van der Waals surface area contributed by atoms with Gasteiger partial charge in [0.05, 0.1) is 18.3 Å². The SMILES string of the molecule is CCCCCCCCOC1=C(C)C(C)C(O)C=C1CCC(C)CCC=C(C)CCCC(C)(O)CCCCCC. The quantitative estimate of drug-likeness (QED) is 0.0989. The fraction of sp³-hybridized carbons (Fsp3) is 0.833. The minimum atomic E-state index is -0.508. The molecule has 3 nitrogen and oxygen atoms in total. The molecule has 228 valence electrons. The van der Waals surface area contributed by atoms with Crippen molar-refractivity contribution >= 4 is 0 Å². The van der Waals surface area contributed by atoms with Crippen molar-refractivity contribution in [2.45, 2.75) is 176 Å². The Bertz CT molecular complexity index is 730. The molecule has 0 saturated heterocycles. The number of rotatable bonds is 23. The monoisotopic (exact) mass is 547 g/mol. The molecule has 0 amide bonds. The average Bonchev–Trinajstić information content (AvgIpc) is 2.89. The van der Waals surface area contributed by atoms with Gasteiger partial charge in [-0.1, -0.05) is 97.1 Å². The van der Waals surface area contributed by atoms with Crippen molar-refractivity contribution < 1.29 is 14.9 Å². The van der Waals surface area contributed by atoms with E-state index in [1.54, 1.807) is 0 Å². The van der Waals surface area contributed by atoms with Crippen LogP contribution in [0.1, 0.15) is 164 Å². The van der Waals surface area contributed by atoms with Gasteiger partial charge in [-0.05, 0) is 102 Å². The zero-order valence-electron chi connectivity index (χ0n) is 27.1. The molecule has 1 aliphatic carbocycles. The average molecular weight is 547 g/mol. The van der Waals surface area contributed by atoms with Gasteiger partial charge in [-0.25, -0.2) is 0 Å². The first-order valence-corrected chi connectivity index (χ1v) is 16.7. The lowest BCUT2D eigenvalue weighted by Gasteiger charge is -2.29. The molecule has 0 aliphatic heterocycles. The molecule has 1 rings (SSSR count). The van der Waals surface area contributed by atoms with Gasteiger partial charge in [-0.15, -0.1) is 0 Å². The van der Waals surface area contributed by atoms with E-state index in [-0.39, 0.29) is 5.92 Å². The largest absolute Gasteiger partial charge is 0.493 e. The maximum atomic E-state index is 10.7. The molecular formula is C36H66O3. The fourth-order valence-corrected chi connectivity index (χ4v) is 5.67. The molecule has 1 aliphatic rings. The van der Waals surface area contributed by atoms with Crippen LogP contribution in [0.5, 0.6) is 0 Å². The second kappa shape index (κ2) is 20.8. The third kappa shape index (κ3) is 16.1. The van der Waals surface area contributed by atoms with Crippen LogP contribution >= 0.6 is 0 Å². The highest BCUT2D eigenvalue weighted by molar-refractivity contribution is 5.37. The highest BCUT2D eigenvalue weighted by atomic mass is 16.5. The van der Waals surface area contributed by atoms with E-state index in [0.717, 1.165) is 70.2 Å². The van der Waals surface area contributed by atoms with Crippen LogP contribution in [0.25, 0.3) is 0 Å². The summed E-state index contributed by atoms with van der Waals surface area (Å²) >= 11 is 0. The van der Waals surface area contributed by atoms with Crippen LogP contribution in [0.4, 0.5) is 0 Å². The van der Waals surface area contributed by atoms with Crippen molar-refractivity contribution in [1.82, 2.24) is 0 Å². The minimum Gasteiger partial charge on any atom is -0.493 e. The molecule has 0 spiro atoms. The van der Waals surface area contributed by atoms with E-state index in [1.165, 1.54) is 74.5 Å². The number of hydrogen-bond donors (Lipinski definition) is 2. The summed E-state index contributed by atoms with van der Waals surface area (Å²) in [5.41, 5.74) is 3.37. The summed E-state index contributed by atoms with van der Waals surface area (Å²) in [4.78, 5) is 0. The predicted octanol–water partition coefficient (Wildman–Crippen LogP) is 10.6. The van der Waals surface area contributed by atoms with Gasteiger partial charge in [0, 0.05) is 5.92 Å². The molecule has 0 radical (unpaired) electrons. The van der Waals surface area contributed by atoms with Gasteiger partial charge in [0.15, 0.2) is 0 Å². The molecule has 0 aromatic carbocycles. The maximum absolute atomic E-state index is 10.7. The second-order valence-corrected chi connectivity index (χ2v) is 13.0. The highest BCUT2D eigenvalue weighted by Crippen LogP contribution is 2.34. The van der Waals surface area contributed by atoms with Crippen LogP contribution in [-0.4, -0.2) is 28.5 Å². The lowest BCUT2D eigenvalue weighted by Crippen LogP contribution is -2.23. The number of hydrogen-bond acceptors (Lipinski definition) is 3. The predicted molar refractivity (Wildman–Crippen MR) is 170 cm³/mol. The van der Waals surface area contributed by atoms with E-state index in [4.69, 9.17) is 4.74 Å².